The van der Waals surface area contributed by atoms with E-state index in [-0.39, 0.29) is 27.7 Å². The Hall–Kier alpha value is -2.18. The Morgan fingerprint density at radius 3 is 2.31 bits per heavy atom. The van der Waals surface area contributed by atoms with Crippen LogP contribution in [-0.4, -0.2) is 24.7 Å². The van der Waals surface area contributed by atoms with Crippen LogP contribution in [-0.2, 0) is 23.1 Å². The second kappa shape index (κ2) is 7.16. The third kappa shape index (κ3) is 3.22. The molecule has 0 aromatic heterocycles. The van der Waals surface area contributed by atoms with Gasteiger partial charge in [-0.05, 0) is 71.8 Å². The number of nitrogens with zero attached hydrogens (tertiary/aromatic N) is 1. The van der Waals surface area contributed by atoms with Gasteiger partial charge >= 0.3 is 0 Å². The summed E-state index contributed by atoms with van der Waals surface area (Å²) in [6.07, 6.45) is 3.50. The summed E-state index contributed by atoms with van der Waals surface area (Å²) < 4.78 is 28.5. The molecule has 170 valence electrons. The summed E-state index contributed by atoms with van der Waals surface area (Å²) >= 11 is 0. The van der Waals surface area contributed by atoms with E-state index >= 15 is 0 Å². The highest BCUT2D eigenvalue weighted by Crippen LogP contribution is 2.62. The molecular weight excluding hydrogens is 420 g/mol. The Labute approximate surface area is 191 Å². The van der Waals surface area contributed by atoms with E-state index in [9.17, 15) is 13.2 Å². The van der Waals surface area contributed by atoms with Crippen molar-refractivity contribution >= 4 is 15.9 Å². The first-order valence-corrected chi connectivity index (χ1v) is 12.9. The van der Waals surface area contributed by atoms with Gasteiger partial charge in [0.25, 0.3) is 5.91 Å². The highest BCUT2D eigenvalue weighted by atomic mass is 32.2. The van der Waals surface area contributed by atoms with E-state index in [1.54, 1.807) is 25.1 Å². The number of nitrogens with one attached hydrogen (secondary N) is 1. The molecular formula is C26H32N2O3S. The molecule has 0 spiro atoms. The monoisotopic (exact) mass is 452 g/mol. The van der Waals surface area contributed by atoms with Gasteiger partial charge in [-0.25, -0.2) is 8.42 Å². The molecule has 5 nitrogen and oxygen atoms in total. The van der Waals surface area contributed by atoms with E-state index in [2.05, 4.69) is 26.1 Å². The predicted molar refractivity (Wildman–Crippen MR) is 125 cm³/mol. The summed E-state index contributed by atoms with van der Waals surface area (Å²) in [6.45, 7) is 9.31. The predicted octanol–water partition coefficient (Wildman–Crippen LogP) is 4.64. The molecule has 2 aromatic carbocycles. The number of amides is 1. The van der Waals surface area contributed by atoms with Crippen LogP contribution in [0.5, 0.6) is 0 Å². The van der Waals surface area contributed by atoms with Crippen LogP contribution in [0.25, 0.3) is 0 Å². The fourth-order valence-electron chi connectivity index (χ4n) is 6.51. The molecule has 6 heteroatoms. The molecule has 2 aromatic rings. The number of fused-ring (bicyclic) bond motifs is 3. The first-order chi connectivity index (χ1) is 15.0. The van der Waals surface area contributed by atoms with Crippen molar-refractivity contribution in [3.63, 3.8) is 0 Å². The smallest absolute Gasteiger partial charge is 0.251 e. The number of carbonyl (C=O) groups is 1. The molecule has 1 heterocycles. The molecule has 5 rings (SSSR count). The average molecular weight is 453 g/mol. The van der Waals surface area contributed by atoms with Gasteiger partial charge in [-0.3, -0.25) is 4.79 Å². The molecule has 32 heavy (non-hydrogen) atoms. The average Bonchev–Trinajstić information content (AvgIpc) is 3.40. The standard InChI is InChI=1S/C26H32N2O3S/c1-17-9-10-18(23(29)27-24-25(2,3)21-11-12-26(24,4)14-21)13-22(17)32(30,31)28-15-19-7-5-6-8-20(19)16-28/h5-10,13,21,24H,11-12,14-16H2,1-4H3,(H,27,29)/t21-,24?,26?/m1/s1. The maximum Gasteiger partial charge on any atom is 0.251 e. The SMILES string of the molecule is Cc1ccc(C(=O)NC2C3(C)CC[C@H](C3)C2(C)C)cc1S(=O)(=O)N1Cc2ccccc2C1. The van der Waals surface area contributed by atoms with Crippen LogP contribution in [0, 0.1) is 23.7 Å². The van der Waals surface area contributed by atoms with Gasteiger partial charge in [0, 0.05) is 24.7 Å². The largest absolute Gasteiger partial charge is 0.348 e. The van der Waals surface area contributed by atoms with Crippen molar-refractivity contribution in [1.29, 1.82) is 0 Å². The Morgan fingerprint density at radius 1 is 1.06 bits per heavy atom. The molecule has 2 unspecified atom stereocenters. The molecule has 1 N–H and O–H groups in total. The number of rotatable bonds is 4. The second-order valence-electron chi connectivity index (χ2n) is 10.8. The van der Waals surface area contributed by atoms with Gasteiger partial charge in [-0.1, -0.05) is 51.1 Å². The van der Waals surface area contributed by atoms with E-state index in [1.165, 1.54) is 10.7 Å². The highest BCUT2D eigenvalue weighted by molar-refractivity contribution is 7.89. The number of hydrogen-bond donors (Lipinski definition) is 1. The third-order valence-corrected chi connectivity index (χ3v) is 10.4. The summed E-state index contributed by atoms with van der Waals surface area (Å²) in [6, 6.07) is 13.0. The fourth-order valence-corrected chi connectivity index (χ4v) is 8.15. The number of aryl methyl sites for hydroxylation is 1. The number of sulfonamides is 1. The van der Waals surface area contributed by atoms with Crippen molar-refractivity contribution in [3.8, 4) is 0 Å². The van der Waals surface area contributed by atoms with E-state index in [0.717, 1.165) is 24.0 Å². The Bertz CT molecular complexity index is 1170. The highest BCUT2D eigenvalue weighted by Gasteiger charge is 2.59. The number of hydrogen-bond acceptors (Lipinski definition) is 3. The van der Waals surface area contributed by atoms with Crippen molar-refractivity contribution in [3.05, 3.63) is 64.7 Å². The minimum Gasteiger partial charge on any atom is -0.348 e. The maximum absolute atomic E-state index is 13.5. The Kier molecular flexibility index (Phi) is 4.84. The quantitative estimate of drug-likeness (QED) is 0.735. The normalized spacial score (nSPS) is 28.6. The van der Waals surface area contributed by atoms with Crippen LogP contribution in [0.3, 0.4) is 0 Å². The Balaban J connectivity index is 1.41. The summed E-state index contributed by atoms with van der Waals surface area (Å²) in [5.74, 6) is 0.446. The molecule has 0 saturated heterocycles. The van der Waals surface area contributed by atoms with Crippen LogP contribution >= 0.6 is 0 Å². The summed E-state index contributed by atoms with van der Waals surface area (Å²) in [5, 5.41) is 3.29. The van der Waals surface area contributed by atoms with Crippen LogP contribution in [0.4, 0.5) is 0 Å². The topological polar surface area (TPSA) is 66.5 Å². The van der Waals surface area contributed by atoms with Gasteiger partial charge in [0.05, 0.1) is 4.90 Å². The summed E-state index contributed by atoms with van der Waals surface area (Å²) in [5.41, 5.74) is 3.30. The molecule has 3 atom stereocenters. The van der Waals surface area contributed by atoms with E-state index < -0.39 is 10.0 Å². The van der Waals surface area contributed by atoms with Crippen molar-refractivity contribution in [2.24, 2.45) is 16.7 Å². The van der Waals surface area contributed by atoms with Gasteiger partial charge < -0.3 is 5.32 Å². The van der Waals surface area contributed by atoms with Gasteiger partial charge in [0.1, 0.15) is 0 Å². The lowest BCUT2D eigenvalue weighted by Crippen LogP contribution is -2.52. The molecule has 1 amide bonds. The van der Waals surface area contributed by atoms with Crippen molar-refractivity contribution in [1.82, 2.24) is 9.62 Å². The molecule has 3 aliphatic rings. The van der Waals surface area contributed by atoms with Crippen LogP contribution in [0.15, 0.2) is 47.4 Å². The lowest BCUT2D eigenvalue weighted by molar-refractivity contribution is 0.0737. The zero-order valence-corrected chi connectivity index (χ0v) is 20.1. The van der Waals surface area contributed by atoms with Crippen molar-refractivity contribution in [2.75, 3.05) is 0 Å². The van der Waals surface area contributed by atoms with E-state index in [4.69, 9.17) is 0 Å². The molecule has 2 bridgehead atoms. The van der Waals surface area contributed by atoms with Gasteiger partial charge in [0.15, 0.2) is 0 Å². The third-order valence-electron chi connectivity index (χ3n) is 8.43. The minimum absolute atomic E-state index is 0.0452. The molecule has 1 aliphatic heterocycles. The lowest BCUT2D eigenvalue weighted by Gasteiger charge is -2.43. The molecule has 0 radical (unpaired) electrons. The van der Waals surface area contributed by atoms with E-state index in [0.29, 0.717) is 30.1 Å². The summed E-state index contributed by atoms with van der Waals surface area (Å²) in [4.78, 5) is 13.5. The first-order valence-electron chi connectivity index (χ1n) is 11.5. The molecule has 2 fully saturated rings. The maximum atomic E-state index is 13.5. The summed E-state index contributed by atoms with van der Waals surface area (Å²) in [7, 11) is -3.71. The van der Waals surface area contributed by atoms with Gasteiger partial charge in [-0.15, -0.1) is 0 Å². The van der Waals surface area contributed by atoms with E-state index in [1.807, 2.05) is 24.3 Å². The van der Waals surface area contributed by atoms with Crippen molar-refractivity contribution in [2.45, 2.75) is 71.0 Å². The van der Waals surface area contributed by atoms with Crippen LogP contribution in [0.2, 0.25) is 0 Å². The Morgan fingerprint density at radius 2 is 1.72 bits per heavy atom. The zero-order valence-electron chi connectivity index (χ0n) is 19.3. The van der Waals surface area contributed by atoms with Gasteiger partial charge in [0.2, 0.25) is 10.0 Å². The fraction of sp³-hybridized carbons (Fsp3) is 0.500. The van der Waals surface area contributed by atoms with Crippen LogP contribution < -0.4 is 5.32 Å². The number of benzene rings is 2. The van der Waals surface area contributed by atoms with Crippen molar-refractivity contribution < 1.29 is 13.2 Å². The lowest BCUT2D eigenvalue weighted by atomic mass is 9.68. The molecule has 2 aliphatic carbocycles. The van der Waals surface area contributed by atoms with Crippen LogP contribution in [0.1, 0.15) is 67.1 Å². The second-order valence-corrected chi connectivity index (χ2v) is 12.8. The number of carbonyl (C=O) groups excluding carboxylic acids is 1. The first kappa shape index (κ1) is 21.7. The minimum atomic E-state index is -3.71. The van der Waals surface area contributed by atoms with Gasteiger partial charge in [-0.2, -0.15) is 4.31 Å². The zero-order chi connectivity index (χ0) is 22.9. The molecule has 2 saturated carbocycles.